The predicted octanol–water partition coefficient (Wildman–Crippen LogP) is 3.97. The van der Waals surface area contributed by atoms with Crippen molar-refractivity contribution in [3.05, 3.63) is 46.4 Å². The van der Waals surface area contributed by atoms with Gasteiger partial charge in [-0.15, -0.1) is 0 Å². The van der Waals surface area contributed by atoms with Crippen molar-refractivity contribution in [2.45, 2.75) is 58.8 Å². The fourth-order valence-electron chi connectivity index (χ4n) is 3.44. The van der Waals surface area contributed by atoms with E-state index in [0.29, 0.717) is 30.8 Å². The van der Waals surface area contributed by atoms with Crippen molar-refractivity contribution in [2.24, 2.45) is 17.0 Å². The molecule has 2 unspecified atom stereocenters. The van der Waals surface area contributed by atoms with E-state index in [-0.39, 0.29) is 16.7 Å². The Balaban J connectivity index is 2.49. The second-order valence-electron chi connectivity index (χ2n) is 7.39. The Bertz CT molecular complexity index is 816. The summed E-state index contributed by atoms with van der Waals surface area (Å²) in [6.45, 7) is 4.92. The number of hydrogen-bond donors (Lipinski definition) is 2. The van der Waals surface area contributed by atoms with Crippen LogP contribution >= 0.6 is 0 Å². The lowest BCUT2D eigenvalue weighted by Crippen LogP contribution is -2.23. The maximum atomic E-state index is 12.5. The van der Waals surface area contributed by atoms with Crippen LogP contribution in [0, 0.1) is 23.2 Å². The minimum absolute atomic E-state index is 0.0126. The summed E-state index contributed by atoms with van der Waals surface area (Å²) in [5.74, 6) is 1.02. The third-order valence-corrected chi connectivity index (χ3v) is 6.00. The summed E-state index contributed by atoms with van der Waals surface area (Å²) in [5, 5.41) is 17.9. The van der Waals surface area contributed by atoms with Gasteiger partial charge in [-0.1, -0.05) is 32.4 Å². The fraction of sp³-hybridized carbons (Fsp3) is 0.571. The van der Waals surface area contributed by atoms with E-state index >= 15 is 0 Å². The molecule has 0 aliphatic heterocycles. The van der Waals surface area contributed by atoms with Crippen molar-refractivity contribution in [3.8, 4) is 6.07 Å². The van der Waals surface area contributed by atoms with Gasteiger partial charge in [-0.25, -0.2) is 13.6 Å². The molecule has 0 bridgehead atoms. The molecule has 0 spiro atoms. The summed E-state index contributed by atoms with van der Waals surface area (Å²) in [6, 6.07) is 2.15. The van der Waals surface area contributed by atoms with Crippen LogP contribution < -0.4 is 10.5 Å². The largest absolute Gasteiger partial charge is 0.454 e. The second-order valence-corrected chi connectivity index (χ2v) is 8.92. The maximum absolute atomic E-state index is 12.5. The van der Waals surface area contributed by atoms with E-state index in [2.05, 4.69) is 25.2 Å². The van der Waals surface area contributed by atoms with Crippen molar-refractivity contribution in [2.75, 3.05) is 6.54 Å². The van der Waals surface area contributed by atoms with Crippen LogP contribution in [-0.2, 0) is 14.8 Å². The molecule has 0 heterocycles. The number of hydrogen-bond acceptors (Lipinski definition) is 5. The molecule has 2 atom stereocenters. The van der Waals surface area contributed by atoms with E-state index < -0.39 is 10.0 Å². The molecular formula is C21H31N3O3S. The first-order valence-corrected chi connectivity index (χ1v) is 11.5. The van der Waals surface area contributed by atoms with Crippen LogP contribution in [0.1, 0.15) is 58.8 Å². The van der Waals surface area contributed by atoms with Gasteiger partial charge >= 0.3 is 0 Å². The highest BCUT2D eigenvalue weighted by atomic mass is 32.2. The summed E-state index contributed by atoms with van der Waals surface area (Å²) >= 11 is 0. The van der Waals surface area contributed by atoms with E-state index in [1.54, 1.807) is 6.08 Å². The van der Waals surface area contributed by atoms with Gasteiger partial charge < -0.3 is 10.1 Å². The van der Waals surface area contributed by atoms with Gasteiger partial charge in [-0.3, -0.25) is 0 Å². The minimum atomic E-state index is -3.99. The van der Waals surface area contributed by atoms with Gasteiger partial charge in [0.05, 0.1) is 11.8 Å². The van der Waals surface area contributed by atoms with Crippen molar-refractivity contribution in [1.82, 2.24) is 5.32 Å². The van der Waals surface area contributed by atoms with Crippen LogP contribution in [0.25, 0.3) is 0 Å². The summed E-state index contributed by atoms with van der Waals surface area (Å²) in [4.78, 5) is 0.0126. The Hall–Kier alpha value is -2.04. The van der Waals surface area contributed by atoms with Crippen molar-refractivity contribution in [3.63, 3.8) is 0 Å². The number of ether oxygens (including phenoxy) is 1. The Morgan fingerprint density at radius 2 is 2.18 bits per heavy atom. The highest BCUT2D eigenvalue weighted by Gasteiger charge is 2.31. The number of nitriles is 1. The van der Waals surface area contributed by atoms with Gasteiger partial charge in [0.25, 0.3) is 0 Å². The molecule has 2 aliphatic carbocycles. The van der Waals surface area contributed by atoms with Gasteiger partial charge in [0, 0.05) is 13.0 Å². The van der Waals surface area contributed by atoms with Crippen molar-refractivity contribution < 1.29 is 13.2 Å². The molecule has 0 amide bonds. The molecular weight excluding hydrogens is 374 g/mol. The lowest BCUT2D eigenvalue weighted by atomic mass is 9.87. The standard InChI is InChI=1S/C21H31N3O3S/c1-3-4-13-24-19-14-16(2)17(9-8-12-22)15-20(28(23,25)26)21(19)27-18-10-6-5-7-11-18/h6,10-11,15-17,24H,3-5,7-9,13-14H2,1-2H3,(H2,23,25,26). The van der Waals surface area contributed by atoms with Crippen LogP contribution in [0.4, 0.5) is 0 Å². The summed E-state index contributed by atoms with van der Waals surface area (Å²) in [6.07, 6.45) is 12.9. The van der Waals surface area contributed by atoms with E-state index in [1.165, 1.54) is 0 Å². The number of unbranched alkanes of at least 4 members (excludes halogenated alkanes) is 1. The Kier molecular flexibility index (Phi) is 8.34. The summed E-state index contributed by atoms with van der Waals surface area (Å²) in [5.41, 5.74) is 0.764. The number of rotatable bonds is 9. The first kappa shape index (κ1) is 22.3. The van der Waals surface area contributed by atoms with Gasteiger partial charge in [0.15, 0.2) is 5.76 Å². The molecule has 7 heteroatoms. The zero-order chi connectivity index (χ0) is 20.6. The molecule has 0 saturated heterocycles. The highest BCUT2D eigenvalue weighted by Crippen LogP contribution is 2.36. The van der Waals surface area contributed by atoms with Gasteiger partial charge in [0.1, 0.15) is 10.7 Å². The zero-order valence-corrected chi connectivity index (χ0v) is 17.6. The van der Waals surface area contributed by atoms with Gasteiger partial charge in [-0.05, 0) is 56.1 Å². The highest BCUT2D eigenvalue weighted by molar-refractivity contribution is 7.93. The van der Waals surface area contributed by atoms with Crippen LogP contribution in [0.15, 0.2) is 46.4 Å². The number of nitrogens with zero attached hydrogens (tertiary/aromatic N) is 1. The van der Waals surface area contributed by atoms with Crippen LogP contribution in [0.5, 0.6) is 0 Å². The fourth-order valence-corrected chi connectivity index (χ4v) is 4.22. The van der Waals surface area contributed by atoms with Gasteiger partial charge in [-0.2, -0.15) is 5.26 Å². The SMILES string of the molecule is CCCCNC1=C(OC2=CCCC=C2)C(S(N)(=O)=O)=CC(CCC#N)C(C)C1. The summed E-state index contributed by atoms with van der Waals surface area (Å²) < 4.78 is 31.0. The quantitative estimate of drug-likeness (QED) is 0.565. The number of sulfonamides is 1. The van der Waals surface area contributed by atoms with Crippen LogP contribution in [0.2, 0.25) is 0 Å². The Morgan fingerprint density at radius 3 is 2.79 bits per heavy atom. The van der Waals surface area contributed by atoms with E-state index in [4.69, 9.17) is 15.1 Å². The van der Waals surface area contributed by atoms with E-state index in [0.717, 1.165) is 37.9 Å². The molecule has 0 aromatic carbocycles. The average Bonchev–Trinajstić information content (AvgIpc) is 2.78. The molecule has 2 rings (SSSR count). The molecule has 0 aromatic rings. The lowest BCUT2D eigenvalue weighted by Gasteiger charge is -2.21. The monoisotopic (exact) mass is 405 g/mol. The Morgan fingerprint density at radius 1 is 1.39 bits per heavy atom. The topological polar surface area (TPSA) is 105 Å². The first-order chi connectivity index (χ1) is 13.4. The van der Waals surface area contributed by atoms with Crippen LogP contribution in [0.3, 0.4) is 0 Å². The third-order valence-electron chi connectivity index (χ3n) is 5.07. The first-order valence-electron chi connectivity index (χ1n) is 10.00. The van der Waals surface area contributed by atoms with Crippen LogP contribution in [-0.4, -0.2) is 15.0 Å². The molecule has 0 fully saturated rings. The minimum Gasteiger partial charge on any atom is -0.454 e. The average molecular weight is 406 g/mol. The molecule has 28 heavy (non-hydrogen) atoms. The smallest absolute Gasteiger partial charge is 0.241 e. The van der Waals surface area contributed by atoms with Crippen molar-refractivity contribution in [1.29, 1.82) is 5.26 Å². The number of primary sulfonamides is 1. The third kappa shape index (κ3) is 6.25. The van der Waals surface area contributed by atoms with E-state index in [9.17, 15) is 8.42 Å². The van der Waals surface area contributed by atoms with E-state index in [1.807, 2.05) is 18.2 Å². The molecule has 0 radical (unpaired) electrons. The Labute approximate surface area is 168 Å². The number of allylic oxidation sites excluding steroid dienone is 5. The molecule has 2 aliphatic rings. The number of nitrogens with two attached hydrogens (primary N) is 1. The maximum Gasteiger partial charge on any atom is 0.241 e. The normalized spacial score (nSPS) is 22.8. The number of nitrogens with one attached hydrogen (secondary N) is 1. The van der Waals surface area contributed by atoms with Gasteiger partial charge in [0.2, 0.25) is 10.0 Å². The molecule has 0 aromatic heterocycles. The second kappa shape index (κ2) is 10.5. The molecule has 154 valence electrons. The van der Waals surface area contributed by atoms with Crippen molar-refractivity contribution >= 4 is 10.0 Å². The molecule has 6 nitrogen and oxygen atoms in total. The predicted molar refractivity (Wildman–Crippen MR) is 111 cm³/mol. The summed E-state index contributed by atoms with van der Waals surface area (Å²) in [7, 11) is -3.99. The molecule has 0 saturated carbocycles. The molecule has 3 N–H and O–H groups in total. The zero-order valence-electron chi connectivity index (χ0n) is 16.8. The lowest BCUT2D eigenvalue weighted by molar-refractivity contribution is 0.317.